The molecule has 3 heteroatoms. The maximum absolute atomic E-state index is 9.15. The van der Waals surface area contributed by atoms with E-state index in [4.69, 9.17) is 14.6 Å². The zero-order chi connectivity index (χ0) is 6.27. The van der Waals surface area contributed by atoms with E-state index in [1.54, 1.807) is 0 Å². The third-order valence-electron chi connectivity index (χ3n) is 1.94. The van der Waals surface area contributed by atoms with Gasteiger partial charge in [-0.25, -0.2) is 0 Å². The van der Waals surface area contributed by atoms with Gasteiger partial charge in [0.1, 0.15) is 12.2 Å². The first kappa shape index (κ1) is 5.65. The van der Waals surface area contributed by atoms with Crippen molar-refractivity contribution in [1.82, 2.24) is 0 Å². The molecule has 2 rings (SSSR count). The van der Waals surface area contributed by atoms with E-state index in [0.29, 0.717) is 6.61 Å². The van der Waals surface area contributed by atoms with Crippen molar-refractivity contribution >= 4 is 0 Å². The van der Waals surface area contributed by atoms with E-state index in [9.17, 15) is 0 Å². The number of ether oxygens (including phenoxy) is 2. The second kappa shape index (κ2) is 1.94. The summed E-state index contributed by atoms with van der Waals surface area (Å²) in [6.07, 6.45) is 0.726. The number of hydrogen-bond donors (Lipinski definition) is 1. The first-order valence-electron chi connectivity index (χ1n) is 3.29. The Morgan fingerprint density at radius 3 is 3.00 bits per heavy atom. The number of hydrogen-bond acceptors (Lipinski definition) is 3. The van der Waals surface area contributed by atoms with Crippen LogP contribution in [0.5, 0.6) is 0 Å². The molecule has 2 fully saturated rings. The second-order valence-corrected chi connectivity index (χ2v) is 2.56. The van der Waals surface area contributed by atoms with Crippen LogP contribution in [0, 0.1) is 0 Å². The van der Waals surface area contributed by atoms with Crippen molar-refractivity contribution in [2.45, 2.75) is 24.7 Å². The highest BCUT2D eigenvalue weighted by Crippen LogP contribution is 2.25. The molecule has 0 radical (unpaired) electrons. The molecule has 2 aliphatic heterocycles. The van der Waals surface area contributed by atoms with Crippen LogP contribution in [-0.4, -0.2) is 36.6 Å². The van der Waals surface area contributed by atoms with Crippen LogP contribution in [0.1, 0.15) is 6.42 Å². The van der Waals surface area contributed by atoms with Crippen LogP contribution in [0.4, 0.5) is 0 Å². The minimum absolute atomic E-state index is 0.0231. The van der Waals surface area contributed by atoms with E-state index in [1.165, 1.54) is 0 Å². The fraction of sp³-hybridized carbons (Fsp3) is 1.00. The van der Waals surface area contributed by atoms with Crippen molar-refractivity contribution in [1.29, 1.82) is 0 Å². The van der Waals surface area contributed by atoms with Crippen LogP contribution < -0.4 is 0 Å². The lowest BCUT2D eigenvalue weighted by molar-refractivity contribution is 0.0187. The zero-order valence-electron chi connectivity index (χ0n) is 5.12. The van der Waals surface area contributed by atoms with E-state index in [0.717, 1.165) is 13.0 Å². The average Bonchev–Trinajstić information content (AvgIpc) is 2.35. The molecule has 2 saturated heterocycles. The Labute approximate surface area is 53.6 Å². The Bertz CT molecular complexity index is 115. The molecule has 2 heterocycles. The van der Waals surface area contributed by atoms with Gasteiger partial charge in [0.25, 0.3) is 0 Å². The molecule has 52 valence electrons. The minimum atomic E-state index is -0.377. The Hall–Kier alpha value is -0.120. The normalized spacial score (nSPS) is 49.7. The zero-order valence-corrected chi connectivity index (χ0v) is 5.12. The number of fused-ring (bicyclic) bond motifs is 1. The lowest BCUT2D eigenvalue weighted by atomic mass is 10.1. The van der Waals surface area contributed by atoms with Crippen LogP contribution in [-0.2, 0) is 9.47 Å². The van der Waals surface area contributed by atoms with E-state index in [2.05, 4.69) is 0 Å². The highest BCUT2D eigenvalue weighted by molar-refractivity contribution is 4.88. The van der Waals surface area contributed by atoms with Gasteiger partial charge in [-0.2, -0.15) is 0 Å². The van der Waals surface area contributed by atoms with Gasteiger partial charge in [0.15, 0.2) is 0 Å². The SMILES string of the molecule is O[C@@H]1COC2CCO[C@@H]21. The third kappa shape index (κ3) is 0.764. The van der Waals surface area contributed by atoms with Gasteiger partial charge in [0, 0.05) is 6.61 Å². The maximum Gasteiger partial charge on any atom is 0.112 e. The van der Waals surface area contributed by atoms with Gasteiger partial charge in [-0.1, -0.05) is 0 Å². The van der Waals surface area contributed by atoms with E-state index in [-0.39, 0.29) is 18.3 Å². The molecule has 0 saturated carbocycles. The molecule has 0 amide bonds. The summed E-state index contributed by atoms with van der Waals surface area (Å²) in [6.45, 7) is 1.20. The van der Waals surface area contributed by atoms with E-state index >= 15 is 0 Å². The number of rotatable bonds is 0. The third-order valence-corrected chi connectivity index (χ3v) is 1.94. The number of aliphatic hydroxyl groups excluding tert-OH is 1. The largest absolute Gasteiger partial charge is 0.388 e. The van der Waals surface area contributed by atoms with Crippen LogP contribution >= 0.6 is 0 Å². The maximum atomic E-state index is 9.15. The summed E-state index contributed by atoms with van der Waals surface area (Å²) in [5.41, 5.74) is 0. The summed E-state index contributed by atoms with van der Waals surface area (Å²) in [7, 11) is 0. The van der Waals surface area contributed by atoms with E-state index in [1.807, 2.05) is 0 Å². The molecule has 2 aliphatic rings. The molecule has 1 unspecified atom stereocenters. The Kier molecular flexibility index (Phi) is 1.22. The van der Waals surface area contributed by atoms with Crippen LogP contribution in [0.3, 0.4) is 0 Å². The summed E-state index contributed by atoms with van der Waals surface area (Å²) in [5, 5.41) is 9.15. The molecule has 0 aliphatic carbocycles. The first-order chi connectivity index (χ1) is 4.38. The van der Waals surface area contributed by atoms with Crippen molar-refractivity contribution in [3.05, 3.63) is 0 Å². The summed E-state index contributed by atoms with van der Waals surface area (Å²) in [5.74, 6) is 0. The first-order valence-corrected chi connectivity index (χ1v) is 3.29. The van der Waals surface area contributed by atoms with Gasteiger partial charge in [-0.15, -0.1) is 0 Å². The molecule has 0 aromatic rings. The van der Waals surface area contributed by atoms with Gasteiger partial charge < -0.3 is 14.6 Å². The van der Waals surface area contributed by atoms with Crippen molar-refractivity contribution in [3.63, 3.8) is 0 Å². The van der Waals surface area contributed by atoms with Crippen LogP contribution in [0.25, 0.3) is 0 Å². The van der Waals surface area contributed by atoms with Gasteiger partial charge in [-0.05, 0) is 6.42 Å². The lowest BCUT2D eigenvalue weighted by Crippen LogP contribution is -2.26. The van der Waals surface area contributed by atoms with Crippen LogP contribution in [0.2, 0.25) is 0 Å². The lowest BCUT2D eigenvalue weighted by Gasteiger charge is -2.08. The van der Waals surface area contributed by atoms with Crippen molar-refractivity contribution in [3.8, 4) is 0 Å². The Balaban J connectivity index is 2.07. The highest BCUT2D eigenvalue weighted by atomic mass is 16.6. The van der Waals surface area contributed by atoms with Crippen molar-refractivity contribution < 1.29 is 14.6 Å². The van der Waals surface area contributed by atoms with Gasteiger partial charge in [-0.3, -0.25) is 0 Å². The fourth-order valence-electron chi connectivity index (χ4n) is 1.45. The molecule has 3 nitrogen and oxygen atoms in total. The van der Waals surface area contributed by atoms with Gasteiger partial charge in [0.05, 0.1) is 12.7 Å². The second-order valence-electron chi connectivity index (χ2n) is 2.56. The molecule has 3 atom stereocenters. The molecule has 0 aromatic carbocycles. The molecule has 9 heavy (non-hydrogen) atoms. The average molecular weight is 130 g/mol. The summed E-state index contributed by atoms with van der Waals surface area (Å²) in [4.78, 5) is 0. The predicted molar refractivity (Wildman–Crippen MR) is 30.1 cm³/mol. The Morgan fingerprint density at radius 1 is 1.33 bits per heavy atom. The van der Waals surface area contributed by atoms with E-state index < -0.39 is 0 Å². The molecule has 0 spiro atoms. The van der Waals surface area contributed by atoms with Gasteiger partial charge >= 0.3 is 0 Å². The predicted octanol–water partition coefficient (Wildman–Crippen LogP) is -0.465. The summed E-state index contributed by atoms with van der Waals surface area (Å²) >= 11 is 0. The molecular formula is C6H10O3. The van der Waals surface area contributed by atoms with Gasteiger partial charge in [0.2, 0.25) is 0 Å². The molecule has 0 bridgehead atoms. The topological polar surface area (TPSA) is 38.7 Å². The molecular weight excluding hydrogens is 120 g/mol. The van der Waals surface area contributed by atoms with Crippen molar-refractivity contribution in [2.75, 3.05) is 13.2 Å². The highest BCUT2D eigenvalue weighted by Gasteiger charge is 2.40. The smallest absolute Gasteiger partial charge is 0.112 e. The fourth-order valence-corrected chi connectivity index (χ4v) is 1.45. The van der Waals surface area contributed by atoms with Crippen molar-refractivity contribution in [2.24, 2.45) is 0 Å². The van der Waals surface area contributed by atoms with Crippen LogP contribution in [0.15, 0.2) is 0 Å². The molecule has 1 N–H and O–H groups in total. The molecule has 0 aromatic heterocycles. The Morgan fingerprint density at radius 2 is 2.22 bits per heavy atom. The monoisotopic (exact) mass is 130 g/mol. The summed E-state index contributed by atoms with van der Waals surface area (Å²) < 4.78 is 10.4. The minimum Gasteiger partial charge on any atom is -0.388 e. The standard InChI is InChI=1S/C6H10O3/c7-4-3-9-5-1-2-8-6(4)5/h4-7H,1-3H2/t4-,5?,6-/m1/s1. The quantitative estimate of drug-likeness (QED) is 0.482. The number of aliphatic hydroxyl groups is 1. The summed E-state index contributed by atoms with van der Waals surface area (Å²) in [6, 6.07) is 0.